The van der Waals surface area contributed by atoms with E-state index in [0.29, 0.717) is 12.0 Å². The minimum atomic E-state index is 0.334. The number of nitrogen functional groups attached to an aromatic ring is 1. The molecule has 3 N–H and O–H groups in total. The molecule has 0 saturated carbocycles. The van der Waals surface area contributed by atoms with Crippen LogP contribution in [-0.2, 0) is 12.8 Å². The molecule has 5 nitrogen and oxygen atoms in total. The molecule has 2 heterocycles. The fourth-order valence-electron chi connectivity index (χ4n) is 3.71. The monoisotopic (exact) mass is 309 g/mol. The second kappa shape index (κ2) is 6.16. The summed E-state index contributed by atoms with van der Waals surface area (Å²) in [5.41, 5.74) is 9.78. The van der Waals surface area contributed by atoms with Crippen molar-refractivity contribution >= 4 is 11.8 Å². The molecule has 1 fully saturated rings. The molecule has 1 aromatic carbocycles. The van der Waals surface area contributed by atoms with Gasteiger partial charge in [-0.3, -0.25) is 0 Å². The van der Waals surface area contributed by atoms with Gasteiger partial charge in [0, 0.05) is 31.2 Å². The van der Waals surface area contributed by atoms with Crippen molar-refractivity contribution in [1.82, 2.24) is 15.3 Å². The van der Waals surface area contributed by atoms with E-state index in [9.17, 15) is 0 Å². The van der Waals surface area contributed by atoms with Crippen LogP contribution in [0.1, 0.15) is 35.7 Å². The zero-order valence-corrected chi connectivity index (χ0v) is 13.3. The van der Waals surface area contributed by atoms with Gasteiger partial charge in [-0.1, -0.05) is 30.3 Å². The van der Waals surface area contributed by atoms with Crippen molar-refractivity contribution in [2.45, 2.75) is 31.7 Å². The van der Waals surface area contributed by atoms with E-state index in [1.807, 2.05) is 0 Å². The fraction of sp³-hybridized carbons (Fsp3) is 0.444. The number of nitrogens with one attached hydrogen (secondary N) is 1. The minimum absolute atomic E-state index is 0.334. The first-order valence-electron chi connectivity index (χ1n) is 8.50. The lowest BCUT2D eigenvalue weighted by Gasteiger charge is -2.36. The molecule has 1 aromatic heterocycles. The van der Waals surface area contributed by atoms with Crippen molar-refractivity contribution in [2.24, 2.45) is 0 Å². The number of nitrogens with two attached hydrogens (primary N) is 1. The van der Waals surface area contributed by atoms with Gasteiger partial charge in [-0.05, 0) is 31.2 Å². The van der Waals surface area contributed by atoms with Gasteiger partial charge in [0.1, 0.15) is 5.82 Å². The van der Waals surface area contributed by atoms with Crippen LogP contribution in [0.2, 0.25) is 0 Å². The molecular weight excluding hydrogens is 286 g/mol. The third-order valence-electron chi connectivity index (χ3n) is 4.86. The lowest BCUT2D eigenvalue weighted by atomic mass is 9.95. The zero-order valence-electron chi connectivity index (χ0n) is 13.3. The number of aromatic nitrogens is 2. The molecule has 120 valence electrons. The molecule has 0 amide bonds. The molecule has 2 aliphatic rings. The molecule has 0 radical (unpaired) electrons. The number of benzene rings is 1. The Bertz CT molecular complexity index is 685. The van der Waals surface area contributed by atoms with Crippen LogP contribution >= 0.6 is 0 Å². The highest BCUT2D eigenvalue weighted by atomic mass is 15.3. The topological polar surface area (TPSA) is 67.1 Å². The van der Waals surface area contributed by atoms with Crippen molar-refractivity contribution in [1.29, 1.82) is 0 Å². The third kappa shape index (κ3) is 2.88. The number of hydrogen-bond acceptors (Lipinski definition) is 5. The molecule has 5 heteroatoms. The van der Waals surface area contributed by atoms with E-state index >= 15 is 0 Å². The smallest absolute Gasteiger partial charge is 0.222 e. The molecule has 4 rings (SSSR count). The summed E-state index contributed by atoms with van der Waals surface area (Å²) in [5, 5.41) is 3.61. The Kier molecular flexibility index (Phi) is 3.87. The first kappa shape index (κ1) is 14.5. The number of rotatable bonds is 2. The van der Waals surface area contributed by atoms with Gasteiger partial charge in [0.25, 0.3) is 0 Å². The summed E-state index contributed by atoms with van der Waals surface area (Å²) in [7, 11) is 0. The predicted octanol–water partition coefficient (Wildman–Crippen LogP) is 2.09. The van der Waals surface area contributed by atoms with Crippen LogP contribution in [0.25, 0.3) is 0 Å². The van der Waals surface area contributed by atoms with Crippen LogP contribution < -0.4 is 16.0 Å². The maximum atomic E-state index is 5.97. The molecule has 2 aromatic rings. The molecular formula is C18H23N5. The quantitative estimate of drug-likeness (QED) is 0.889. The van der Waals surface area contributed by atoms with Crippen LogP contribution in [0.5, 0.6) is 0 Å². The van der Waals surface area contributed by atoms with E-state index < -0.39 is 0 Å². The Labute approximate surface area is 136 Å². The van der Waals surface area contributed by atoms with Crippen LogP contribution in [0.3, 0.4) is 0 Å². The number of hydrogen-bond donors (Lipinski definition) is 2. The van der Waals surface area contributed by atoms with E-state index in [-0.39, 0.29) is 0 Å². The van der Waals surface area contributed by atoms with E-state index in [4.69, 9.17) is 5.73 Å². The largest absolute Gasteiger partial charge is 0.368 e. The van der Waals surface area contributed by atoms with Crippen molar-refractivity contribution in [2.75, 3.05) is 30.3 Å². The molecule has 1 aliphatic carbocycles. The van der Waals surface area contributed by atoms with Gasteiger partial charge in [0.05, 0.1) is 5.69 Å². The Balaban J connectivity index is 1.64. The first-order valence-corrected chi connectivity index (χ1v) is 8.50. The molecule has 1 atom stereocenters. The molecule has 23 heavy (non-hydrogen) atoms. The minimum Gasteiger partial charge on any atom is -0.368 e. The highest BCUT2D eigenvalue weighted by Crippen LogP contribution is 2.30. The van der Waals surface area contributed by atoms with E-state index in [0.717, 1.165) is 44.0 Å². The van der Waals surface area contributed by atoms with Crippen LogP contribution in [0.4, 0.5) is 11.8 Å². The molecule has 0 unspecified atom stereocenters. The lowest BCUT2D eigenvalue weighted by Crippen LogP contribution is -2.46. The van der Waals surface area contributed by atoms with E-state index in [1.165, 1.54) is 24.0 Å². The Morgan fingerprint density at radius 3 is 2.78 bits per heavy atom. The van der Waals surface area contributed by atoms with Crippen LogP contribution in [-0.4, -0.2) is 29.6 Å². The van der Waals surface area contributed by atoms with Gasteiger partial charge in [0.2, 0.25) is 5.95 Å². The summed E-state index contributed by atoms with van der Waals surface area (Å²) < 4.78 is 0. The summed E-state index contributed by atoms with van der Waals surface area (Å²) >= 11 is 0. The summed E-state index contributed by atoms with van der Waals surface area (Å²) in [4.78, 5) is 11.5. The summed E-state index contributed by atoms with van der Waals surface area (Å²) in [5.74, 6) is 1.48. The summed E-state index contributed by atoms with van der Waals surface area (Å²) in [6.45, 7) is 2.84. The Hall–Kier alpha value is -2.14. The second-order valence-electron chi connectivity index (χ2n) is 6.40. The molecule has 0 spiro atoms. The number of nitrogens with zero attached hydrogens (tertiary/aromatic N) is 3. The van der Waals surface area contributed by atoms with Gasteiger partial charge in [-0.25, -0.2) is 4.98 Å². The average Bonchev–Trinajstić information content (AvgIpc) is 2.62. The lowest BCUT2D eigenvalue weighted by molar-refractivity contribution is 0.467. The SMILES string of the molecule is Nc1nc2c(c(N3CCN[C@@H](c4ccccc4)C3)n1)CCCC2. The molecule has 1 aliphatic heterocycles. The summed E-state index contributed by atoms with van der Waals surface area (Å²) in [6.07, 6.45) is 4.53. The summed E-state index contributed by atoms with van der Waals surface area (Å²) in [6, 6.07) is 11.0. The standard InChI is InChI=1S/C18H23N5/c19-18-21-15-9-5-4-8-14(15)17(22-18)23-11-10-20-16(12-23)13-6-2-1-3-7-13/h1-3,6-7,16,20H,4-5,8-12H2,(H2,19,21,22)/t16-/m1/s1. The van der Waals surface area contributed by atoms with E-state index in [2.05, 4.69) is 50.5 Å². The average molecular weight is 309 g/mol. The van der Waals surface area contributed by atoms with Gasteiger partial charge in [-0.2, -0.15) is 4.98 Å². The fourth-order valence-corrected chi connectivity index (χ4v) is 3.71. The normalized spacial score (nSPS) is 21.0. The number of anilines is 2. The van der Waals surface area contributed by atoms with Gasteiger partial charge < -0.3 is 16.0 Å². The van der Waals surface area contributed by atoms with Crippen molar-refractivity contribution < 1.29 is 0 Å². The Morgan fingerprint density at radius 1 is 1.09 bits per heavy atom. The van der Waals surface area contributed by atoms with Crippen LogP contribution in [0.15, 0.2) is 30.3 Å². The Morgan fingerprint density at radius 2 is 1.91 bits per heavy atom. The number of piperazine rings is 1. The predicted molar refractivity (Wildman–Crippen MR) is 92.5 cm³/mol. The van der Waals surface area contributed by atoms with Gasteiger partial charge in [-0.15, -0.1) is 0 Å². The van der Waals surface area contributed by atoms with Crippen molar-refractivity contribution in [3.8, 4) is 0 Å². The highest BCUT2D eigenvalue weighted by Gasteiger charge is 2.26. The molecule has 0 bridgehead atoms. The zero-order chi connectivity index (χ0) is 15.6. The highest BCUT2D eigenvalue weighted by molar-refractivity contribution is 5.53. The van der Waals surface area contributed by atoms with Crippen LogP contribution in [0, 0.1) is 0 Å². The maximum absolute atomic E-state index is 5.97. The number of aryl methyl sites for hydroxylation is 1. The molecule has 1 saturated heterocycles. The number of fused-ring (bicyclic) bond motifs is 1. The first-order chi connectivity index (χ1) is 11.3. The van der Waals surface area contributed by atoms with Crippen molar-refractivity contribution in [3.63, 3.8) is 0 Å². The third-order valence-corrected chi connectivity index (χ3v) is 4.86. The van der Waals surface area contributed by atoms with Crippen molar-refractivity contribution in [3.05, 3.63) is 47.2 Å². The van der Waals surface area contributed by atoms with E-state index in [1.54, 1.807) is 0 Å². The maximum Gasteiger partial charge on any atom is 0.222 e. The van der Waals surface area contributed by atoms with Gasteiger partial charge in [0.15, 0.2) is 0 Å². The second-order valence-corrected chi connectivity index (χ2v) is 6.40. The van der Waals surface area contributed by atoms with Gasteiger partial charge >= 0.3 is 0 Å².